The molecule has 0 unspecified atom stereocenters. The maximum absolute atomic E-state index is 9.42. The van der Waals surface area contributed by atoms with Crippen molar-refractivity contribution in [3.05, 3.63) is 6.92 Å². The van der Waals surface area contributed by atoms with E-state index in [1.807, 2.05) is 0 Å². The predicted molar refractivity (Wildman–Crippen MR) is 28.3 cm³/mol. The minimum absolute atomic E-state index is 0. The van der Waals surface area contributed by atoms with Gasteiger partial charge < -0.3 is 17.0 Å². The summed E-state index contributed by atoms with van der Waals surface area (Å²) < 4.78 is 0. The molecule has 1 amide bonds. The van der Waals surface area contributed by atoms with Crippen LogP contribution in [0, 0.1) is 6.92 Å². The molecule has 0 saturated heterocycles. The van der Waals surface area contributed by atoms with Crippen LogP contribution in [0.25, 0.3) is 0 Å². The second-order valence-corrected chi connectivity index (χ2v) is 1.24. The molecular weight excluding hydrogens is 642 g/mol. The molecular formula is C5H9NOW3-2. The van der Waals surface area contributed by atoms with Gasteiger partial charge in [-0.3, -0.25) is 0 Å². The second kappa shape index (κ2) is 22.4. The van der Waals surface area contributed by atoms with E-state index in [1.54, 1.807) is 6.41 Å². The molecule has 0 heterocycles. The Morgan fingerprint density at radius 1 is 1.30 bits per heavy atom. The minimum atomic E-state index is 0. The summed E-state index contributed by atoms with van der Waals surface area (Å²) in [7, 11) is 0. The predicted octanol–water partition coefficient (Wildman–Crippen LogP) is 0.250. The van der Waals surface area contributed by atoms with E-state index in [-0.39, 0.29) is 63.2 Å². The van der Waals surface area contributed by atoms with Crippen LogP contribution in [0.1, 0.15) is 12.8 Å². The molecule has 1 N–H and O–H groups in total. The van der Waals surface area contributed by atoms with Crippen LogP contribution in [0.3, 0.4) is 0 Å². The van der Waals surface area contributed by atoms with Gasteiger partial charge in [0.15, 0.2) is 0 Å². The molecule has 0 radical (unpaired) electrons. The zero-order valence-corrected chi connectivity index (χ0v) is 14.3. The minimum Gasteiger partial charge on any atom is -0.530 e. The van der Waals surface area contributed by atoms with Crippen LogP contribution in [0.4, 0.5) is 0 Å². The topological polar surface area (TPSA) is 29.1 Å². The molecule has 5 heteroatoms. The molecule has 0 aliphatic heterocycles. The summed E-state index contributed by atoms with van der Waals surface area (Å²) in [4.78, 5) is 9.42. The Kier molecular flexibility index (Phi) is 50.6. The first kappa shape index (κ1) is 22.5. The van der Waals surface area contributed by atoms with E-state index in [2.05, 4.69) is 12.2 Å². The Labute approximate surface area is 105 Å². The molecule has 0 aromatic rings. The fraction of sp³-hybridized carbons (Fsp3) is 0.600. The van der Waals surface area contributed by atoms with Crippen LogP contribution in [-0.2, 0) is 68.0 Å². The maximum atomic E-state index is 9.42. The van der Waals surface area contributed by atoms with Gasteiger partial charge in [0.1, 0.15) is 0 Å². The van der Waals surface area contributed by atoms with E-state index in [9.17, 15) is 4.79 Å². The Morgan fingerprint density at radius 3 is 2.10 bits per heavy atom. The van der Waals surface area contributed by atoms with Gasteiger partial charge in [-0.05, 0) is 6.54 Å². The molecule has 0 aliphatic carbocycles. The molecule has 0 aromatic heterocycles. The van der Waals surface area contributed by atoms with Gasteiger partial charge in [0.2, 0.25) is 0 Å². The van der Waals surface area contributed by atoms with Crippen LogP contribution in [0.15, 0.2) is 0 Å². The fourth-order valence-corrected chi connectivity index (χ4v) is 0.264. The maximum Gasteiger partial charge on any atom is 0 e. The summed E-state index contributed by atoms with van der Waals surface area (Å²) in [6, 6.07) is 0. The van der Waals surface area contributed by atoms with Crippen molar-refractivity contribution in [2.45, 2.75) is 12.8 Å². The Morgan fingerprint density at radius 2 is 1.80 bits per heavy atom. The molecule has 60 valence electrons. The SMILES string of the molecule is [CH2-]CCCN[C-]=O.[W].[W].[W]. The van der Waals surface area contributed by atoms with Crippen LogP contribution in [0.5, 0.6) is 0 Å². The van der Waals surface area contributed by atoms with E-state index in [0.29, 0.717) is 6.54 Å². The average molecular weight is 651 g/mol. The summed E-state index contributed by atoms with van der Waals surface area (Å²) in [5, 5.41) is 2.40. The number of hydrogen-bond donors (Lipinski definition) is 1. The normalized spacial score (nSPS) is 5.70. The van der Waals surface area contributed by atoms with Crippen molar-refractivity contribution in [3.8, 4) is 0 Å². The molecule has 0 bridgehead atoms. The third kappa shape index (κ3) is 22.7. The Bertz CT molecular complexity index is 54.2. The van der Waals surface area contributed by atoms with Crippen LogP contribution >= 0.6 is 0 Å². The van der Waals surface area contributed by atoms with Crippen molar-refractivity contribution in [1.82, 2.24) is 5.32 Å². The molecule has 0 spiro atoms. The zero-order chi connectivity index (χ0) is 5.54. The van der Waals surface area contributed by atoms with Gasteiger partial charge in [-0.1, -0.05) is 6.42 Å². The van der Waals surface area contributed by atoms with Crippen LogP contribution < -0.4 is 5.32 Å². The summed E-state index contributed by atoms with van der Waals surface area (Å²) in [5.74, 6) is 0. The first-order valence-electron chi connectivity index (χ1n) is 2.31. The molecule has 0 rings (SSSR count). The van der Waals surface area contributed by atoms with Gasteiger partial charge in [0, 0.05) is 63.2 Å². The standard InChI is InChI=1S/C5H9NO.3W/c1-2-3-4-6-5-7;;;/h1-4H2,(H,6,7);;;/q-2;;;. The summed E-state index contributed by atoms with van der Waals surface area (Å²) in [6.45, 7) is 4.29. The van der Waals surface area contributed by atoms with Gasteiger partial charge in [0.05, 0.1) is 0 Å². The number of carbonyl (C=O) groups excluding carboxylic acids is 1. The van der Waals surface area contributed by atoms with E-state index >= 15 is 0 Å². The first-order valence-corrected chi connectivity index (χ1v) is 2.31. The molecule has 0 aliphatic rings. The zero-order valence-electron chi connectivity index (χ0n) is 5.46. The quantitative estimate of drug-likeness (QED) is 0.264. The fourth-order valence-electron chi connectivity index (χ4n) is 0.264. The first-order chi connectivity index (χ1) is 3.41. The largest absolute Gasteiger partial charge is 0.530 e. The number of rotatable bonds is 4. The third-order valence-electron chi connectivity index (χ3n) is 0.624. The summed E-state index contributed by atoms with van der Waals surface area (Å²) in [6.07, 6.45) is 3.38. The van der Waals surface area contributed by atoms with Crippen molar-refractivity contribution >= 4 is 6.41 Å². The van der Waals surface area contributed by atoms with Crippen molar-refractivity contribution in [3.63, 3.8) is 0 Å². The van der Waals surface area contributed by atoms with Crippen LogP contribution in [0.2, 0.25) is 0 Å². The van der Waals surface area contributed by atoms with E-state index in [4.69, 9.17) is 0 Å². The van der Waals surface area contributed by atoms with Crippen molar-refractivity contribution in [1.29, 1.82) is 0 Å². The summed E-state index contributed by atoms with van der Waals surface area (Å²) in [5.41, 5.74) is 0. The molecule has 0 saturated carbocycles. The van der Waals surface area contributed by atoms with E-state index < -0.39 is 0 Å². The second-order valence-electron chi connectivity index (χ2n) is 1.24. The number of amides is 1. The number of nitrogens with one attached hydrogen (secondary N) is 1. The van der Waals surface area contributed by atoms with E-state index in [1.165, 1.54) is 0 Å². The molecule has 0 fully saturated rings. The molecule has 2 nitrogen and oxygen atoms in total. The molecule has 10 heavy (non-hydrogen) atoms. The van der Waals surface area contributed by atoms with Gasteiger partial charge in [-0.15, -0.1) is 0 Å². The molecule has 0 aromatic carbocycles. The van der Waals surface area contributed by atoms with Crippen molar-refractivity contribution in [2.75, 3.05) is 6.54 Å². The van der Waals surface area contributed by atoms with Crippen molar-refractivity contribution in [2.24, 2.45) is 0 Å². The Balaban J connectivity index is -0.0000000600. The van der Waals surface area contributed by atoms with Gasteiger partial charge >= 0.3 is 0 Å². The number of unbranched alkanes of at least 4 members (excludes halogenated alkanes) is 1. The van der Waals surface area contributed by atoms with Crippen molar-refractivity contribution < 1.29 is 68.0 Å². The monoisotopic (exact) mass is 651 g/mol. The smallest absolute Gasteiger partial charge is 0 e. The molecule has 0 atom stereocenters. The van der Waals surface area contributed by atoms with Gasteiger partial charge in [-0.2, -0.15) is 12.8 Å². The summed E-state index contributed by atoms with van der Waals surface area (Å²) >= 11 is 0. The number of hydrogen-bond acceptors (Lipinski definition) is 1. The average Bonchev–Trinajstić information content (AvgIpc) is 1.69. The van der Waals surface area contributed by atoms with Gasteiger partial charge in [-0.25, -0.2) is 0 Å². The van der Waals surface area contributed by atoms with Crippen LogP contribution in [-0.4, -0.2) is 13.0 Å². The van der Waals surface area contributed by atoms with E-state index in [0.717, 1.165) is 12.8 Å². The van der Waals surface area contributed by atoms with Gasteiger partial charge in [0.25, 0.3) is 0 Å². The Hall–Kier alpha value is 1.53. The third-order valence-corrected chi connectivity index (χ3v) is 0.624.